The molecule has 2 rings (SSSR count). The molecule has 0 bridgehead atoms. The van der Waals surface area contributed by atoms with Gasteiger partial charge in [0.2, 0.25) is 0 Å². The zero-order valence-electron chi connectivity index (χ0n) is 11.3. The van der Waals surface area contributed by atoms with Gasteiger partial charge in [0.15, 0.2) is 0 Å². The van der Waals surface area contributed by atoms with Crippen LogP contribution in [0.3, 0.4) is 0 Å². The van der Waals surface area contributed by atoms with Crippen LogP contribution >= 0.6 is 15.9 Å². The number of aromatic nitrogens is 4. The Morgan fingerprint density at radius 2 is 2.14 bits per heavy atom. The molecular weight excluding hydrogens is 358 g/mol. The zero-order valence-corrected chi connectivity index (χ0v) is 12.9. The van der Waals surface area contributed by atoms with E-state index in [2.05, 4.69) is 41.9 Å². The van der Waals surface area contributed by atoms with Crippen LogP contribution in [0.25, 0.3) is 0 Å². The first-order chi connectivity index (χ1) is 10.5. The van der Waals surface area contributed by atoms with Crippen molar-refractivity contribution in [2.45, 2.75) is 13.5 Å². The number of benzene rings is 1. The van der Waals surface area contributed by atoms with Crippen LogP contribution in [0.4, 0.5) is 5.95 Å². The van der Waals surface area contributed by atoms with Crippen LogP contribution in [0.1, 0.15) is 17.3 Å². The first kappa shape index (κ1) is 15.7. The Morgan fingerprint density at radius 3 is 2.73 bits per heavy atom. The first-order valence-electron chi connectivity index (χ1n) is 5.97. The third-order valence-electron chi connectivity index (χ3n) is 2.43. The molecule has 10 nitrogen and oxygen atoms in total. The highest BCUT2D eigenvalue weighted by Crippen LogP contribution is 2.10. The number of hydrazone groups is 1. The molecule has 1 aromatic carbocycles. The molecule has 0 aliphatic carbocycles. The van der Waals surface area contributed by atoms with Crippen molar-refractivity contribution in [1.29, 1.82) is 0 Å². The summed E-state index contributed by atoms with van der Waals surface area (Å²) in [5.74, 6) is -0.962. The molecule has 0 atom stereocenters. The second-order valence-corrected chi connectivity index (χ2v) is 5.09. The Morgan fingerprint density at radius 1 is 1.45 bits per heavy atom. The fourth-order valence-electron chi connectivity index (χ4n) is 1.43. The van der Waals surface area contributed by atoms with E-state index >= 15 is 0 Å². The molecule has 22 heavy (non-hydrogen) atoms. The molecule has 0 unspecified atom stereocenters. The number of halogens is 1. The lowest BCUT2D eigenvalue weighted by Crippen LogP contribution is -2.21. The predicted molar refractivity (Wildman–Crippen MR) is 79.2 cm³/mol. The maximum Gasteiger partial charge on any atom is 0.514 e. The summed E-state index contributed by atoms with van der Waals surface area (Å²) in [6.45, 7) is 1.69. The van der Waals surface area contributed by atoms with Gasteiger partial charge in [0.1, 0.15) is 6.54 Å². The molecule has 0 saturated heterocycles. The standard InChI is InChI=1S/C11H10BrN7O3/c1-7(6-18-16-11(15-17-18)19(21)22)13-14-10(20)8-2-4-9(12)5-3-8/h2-5H,6H2,1H3,(H,14,20)/b13-7-. The molecule has 0 aliphatic rings. The summed E-state index contributed by atoms with van der Waals surface area (Å²) < 4.78 is 0.864. The van der Waals surface area contributed by atoms with Crippen LogP contribution in [0.15, 0.2) is 33.8 Å². The van der Waals surface area contributed by atoms with E-state index in [0.717, 1.165) is 9.27 Å². The Labute approximate surface area is 132 Å². The van der Waals surface area contributed by atoms with Gasteiger partial charge in [-0.2, -0.15) is 5.10 Å². The Bertz CT molecular complexity index is 726. The van der Waals surface area contributed by atoms with E-state index in [1.807, 2.05) is 0 Å². The van der Waals surface area contributed by atoms with Crippen molar-refractivity contribution in [2.24, 2.45) is 5.10 Å². The van der Waals surface area contributed by atoms with Crippen LogP contribution in [-0.4, -0.2) is 36.7 Å². The second-order valence-electron chi connectivity index (χ2n) is 4.17. The van der Waals surface area contributed by atoms with Crippen molar-refractivity contribution >= 4 is 33.5 Å². The molecule has 0 radical (unpaired) electrons. The lowest BCUT2D eigenvalue weighted by Gasteiger charge is -2.01. The van der Waals surface area contributed by atoms with Crippen LogP contribution in [0.5, 0.6) is 0 Å². The summed E-state index contributed by atoms with van der Waals surface area (Å²) in [7, 11) is 0. The van der Waals surface area contributed by atoms with Gasteiger partial charge in [0.05, 0.1) is 15.9 Å². The summed E-state index contributed by atoms with van der Waals surface area (Å²) in [5, 5.41) is 24.6. The van der Waals surface area contributed by atoms with Gasteiger partial charge in [0.25, 0.3) is 5.91 Å². The molecular formula is C11H10BrN7O3. The molecule has 1 N–H and O–H groups in total. The van der Waals surface area contributed by atoms with Crippen molar-refractivity contribution in [2.75, 3.05) is 0 Å². The van der Waals surface area contributed by atoms with E-state index < -0.39 is 10.9 Å². The predicted octanol–water partition coefficient (Wildman–Crippen LogP) is 1.15. The number of carbonyl (C=O) groups is 1. The number of rotatable bonds is 5. The summed E-state index contributed by atoms with van der Waals surface area (Å²) in [6.07, 6.45) is 0. The van der Waals surface area contributed by atoms with Gasteiger partial charge in [-0.3, -0.25) is 4.79 Å². The Balaban J connectivity index is 1.95. The Hall–Kier alpha value is -2.69. The number of nitrogens with zero attached hydrogens (tertiary/aromatic N) is 6. The summed E-state index contributed by atoms with van der Waals surface area (Å²) in [5.41, 5.74) is 3.29. The highest BCUT2D eigenvalue weighted by Gasteiger charge is 2.15. The summed E-state index contributed by atoms with van der Waals surface area (Å²) in [4.78, 5) is 22.5. The van der Waals surface area contributed by atoms with Gasteiger partial charge in [0, 0.05) is 15.2 Å². The molecule has 0 aliphatic heterocycles. The monoisotopic (exact) mass is 367 g/mol. The topological polar surface area (TPSA) is 128 Å². The van der Waals surface area contributed by atoms with E-state index in [1.165, 1.54) is 0 Å². The minimum absolute atomic E-state index is 0.0709. The average molecular weight is 368 g/mol. The molecule has 0 fully saturated rings. The number of hydrogen-bond donors (Lipinski definition) is 1. The maximum atomic E-state index is 11.8. The summed E-state index contributed by atoms with van der Waals surface area (Å²) in [6, 6.07) is 6.77. The van der Waals surface area contributed by atoms with Gasteiger partial charge < -0.3 is 10.1 Å². The normalized spacial score (nSPS) is 11.3. The smallest absolute Gasteiger partial charge is 0.390 e. The van der Waals surface area contributed by atoms with Crippen LogP contribution in [-0.2, 0) is 6.54 Å². The molecule has 1 heterocycles. The Kier molecular flexibility index (Phi) is 4.88. The molecule has 2 aromatic rings. The van der Waals surface area contributed by atoms with E-state index in [4.69, 9.17) is 0 Å². The average Bonchev–Trinajstić information content (AvgIpc) is 2.94. The molecule has 1 aromatic heterocycles. The quantitative estimate of drug-likeness (QED) is 0.479. The SMILES string of the molecule is C/C(Cn1nnc([N+](=O)[O-])n1)=N/NC(=O)c1ccc(Br)cc1. The highest BCUT2D eigenvalue weighted by atomic mass is 79.9. The van der Waals surface area contributed by atoms with Crippen LogP contribution in [0.2, 0.25) is 0 Å². The zero-order chi connectivity index (χ0) is 16.1. The van der Waals surface area contributed by atoms with Crippen molar-refractivity contribution in [3.63, 3.8) is 0 Å². The van der Waals surface area contributed by atoms with Crippen LogP contribution < -0.4 is 5.43 Å². The lowest BCUT2D eigenvalue weighted by atomic mass is 10.2. The van der Waals surface area contributed by atoms with Gasteiger partial charge >= 0.3 is 5.95 Å². The third-order valence-corrected chi connectivity index (χ3v) is 2.96. The largest absolute Gasteiger partial charge is 0.514 e. The molecule has 0 spiro atoms. The maximum absolute atomic E-state index is 11.8. The third kappa shape index (κ3) is 4.15. The minimum atomic E-state index is -0.745. The van der Waals surface area contributed by atoms with Crippen molar-refractivity contribution in [3.05, 3.63) is 44.4 Å². The lowest BCUT2D eigenvalue weighted by molar-refractivity contribution is -0.394. The minimum Gasteiger partial charge on any atom is -0.390 e. The molecule has 114 valence electrons. The number of tetrazole rings is 1. The highest BCUT2D eigenvalue weighted by molar-refractivity contribution is 9.10. The van der Waals surface area contributed by atoms with Crippen molar-refractivity contribution in [3.8, 4) is 0 Å². The van der Waals surface area contributed by atoms with Crippen molar-refractivity contribution < 1.29 is 9.72 Å². The summed E-state index contributed by atoms with van der Waals surface area (Å²) >= 11 is 3.28. The first-order valence-corrected chi connectivity index (χ1v) is 6.76. The fraction of sp³-hybridized carbons (Fsp3) is 0.182. The number of carbonyl (C=O) groups excluding carboxylic acids is 1. The van der Waals surface area contributed by atoms with Gasteiger partial charge in [-0.25, -0.2) is 5.43 Å². The van der Waals surface area contributed by atoms with E-state index in [9.17, 15) is 14.9 Å². The van der Waals surface area contributed by atoms with E-state index in [0.29, 0.717) is 11.3 Å². The number of hydrogen-bond acceptors (Lipinski definition) is 7. The van der Waals surface area contributed by atoms with Gasteiger partial charge in [-0.15, -0.1) is 0 Å². The fourth-order valence-corrected chi connectivity index (χ4v) is 1.69. The number of nitrogens with one attached hydrogen (secondary N) is 1. The van der Waals surface area contributed by atoms with E-state index in [1.54, 1.807) is 31.2 Å². The number of amides is 1. The van der Waals surface area contributed by atoms with Gasteiger partial charge in [-0.05, 0) is 36.1 Å². The van der Waals surface area contributed by atoms with Crippen LogP contribution in [0, 0.1) is 10.1 Å². The molecule has 0 saturated carbocycles. The van der Waals surface area contributed by atoms with Crippen molar-refractivity contribution in [1.82, 2.24) is 25.6 Å². The van der Waals surface area contributed by atoms with E-state index in [-0.39, 0.29) is 12.5 Å². The number of nitro groups is 1. The van der Waals surface area contributed by atoms with Gasteiger partial charge in [-0.1, -0.05) is 20.7 Å². The molecule has 11 heteroatoms. The molecule has 1 amide bonds. The second kappa shape index (κ2) is 6.85.